The summed E-state index contributed by atoms with van der Waals surface area (Å²) in [6.07, 6.45) is 2.25. The monoisotopic (exact) mass is 712 g/mol. The maximum Gasteiger partial charge on any atom is 0.123 e. The Labute approximate surface area is 310 Å². The van der Waals surface area contributed by atoms with Crippen LogP contribution in [0.5, 0.6) is 46.0 Å². The Bertz CT molecular complexity index is 1410. The summed E-state index contributed by atoms with van der Waals surface area (Å²) in [6.45, 7) is 20.3. The van der Waals surface area contributed by atoms with Crippen molar-refractivity contribution in [2.45, 2.75) is 81.1 Å². The first-order valence-electron chi connectivity index (χ1n) is 19.0. The molecule has 0 N–H and O–H groups in total. The molecular formula is C44H56O8. The van der Waals surface area contributed by atoms with E-state index in [0.717, 1.165) is 90.5 Å². The van der Waals surface area contributed by atoms with E-state index in [1.54, 1.807) is 0 Å². The maximum absolute atomic E-state index is 6.33. The van der Waals surface area contributed by atoms with Crippen LogP contribution in [0, 0.1) is 0 Å². The summed E-state index contributed by atoms with van der Waals surface area (Å²) < 4.78 is 50.6. The van der Waals surface area contributed by atoms with E-state index in [4.69, 9.17) is 37.9 Å². The van der Waals surface area contributed by atoms with E-state index in [2.05, 4.69) is 48.5 Å². The van der Waals surface area contributed by atoms with Crippen LogP contribution >= 0.6 is 0 Å². The molecule has 0 saturated heterocycles. The van der Waals surface area contributed by atoms with Gasteiger partial charge in [-0.2, -0.15) is 0 Å². The smallest absolute Gasteiger partial charge is 0.123 e. The average molecular weight is 713 g/mol. The van der Waals surface area contributed by atoms with Gasteiger partial charge in [-0.05, 0) is 104 Å². The fourth-order valence-corrected chi connectivity index (χ4v) is 6.82. The van der Waals surface area contributed by atoms with Gasteiger partial charge in [-0.1, -0.05) is 0 Å². The fraction of sp³-hybridized carbons (Fsp3) is 0.455. The molecule has 0 unspecified atom stereocenters. The third kappa shape index (κ3) is 9.01. The van der Waals surface area contributed by atoms with Crippen molar-refractivity contribution in [1.82, 2.24) is 0 Å². The molecule has 0 spiro atoms. The first kappa shape index (κ1) is 38.5. The summed E-state index contributed by atoms with van der Waals surface area (Å²) in [4.78, 5) is 0. The van der Waals surface area contributed by atoms with Crippen molar-refractivity contribution >= 4 is 0 Å². The Hall–Kier alpha value is -4.72. The highest BCUT2D eigenvalue weighted by Gasteiger charge is 2.23. The molecule has 8 bridgehead atoms. The molecule has 8 heteroatoms. The summed E-state index contributed by atoms with van der Waals surface area (Å²) in [5.74, 6) is 6.47. The topological polar surface area (TPSA) is 73.8 Å². The van der Waals surface area contributed by atoms with Crippen molar-refractivity contribution in [2.75, 3.05) is 52.9 Å². The molecule has 0 radical (unpaired) electrons. The molecule has 10 aliphatic carbocycles. The number of hydrogen-bond donors (Lipinski definition) is 0. The lowest BCUT2D eigenvalue weighted by atomic mass is 9.92. The van der Waals surface area contributed by atoms with Gasteiger partial charge < -0.3 is 37.9 Å². The van der Waals surface area contributed by atoms with Crippen LogP contribution in [0.4, 0.5) is 0 Å². The van der Waals surface area contributed by atoms with Gasteiger partial charge in [0, 0.05) is 70.2 Å². The van der Waals surface area contributed by atoms with E-state index < -0.39 is 0 Å². The van der Waals surface area contributed by atoms with E-state index in [-0.39, 0.29) is 0 Å². The lowest BCUT2D eigenvalue weighted by Crippen LogP contribution is -2.09. The van der Waals surface area contributed by atoms with Crippen molar-refractivity contribution in [2.24, 2.45) is 0 Å². The third-order valence-corrected chi connectivity index (χ3v) is 8.90. The highest BCUT2D eigenvalue weighted by molar-refractivity contribution is 5.59. The van der Waals surface area contributed by atoms with Crippen LogP contribution < -0.4 is 37.9 Å². The zero-order valence-electron chi connectivity index (χ0n) is 32.4. The van der Waals surface area contributed by atoms with Gasteiger partial charge in [0.05, 0.1) is 52.9 Å². The van der Waals surface area contributed by atoms with Crippen molar-refractivity contribution in [3.05, 3.63) is 93.0 Å². The SMILES string of the molecule is CCOc1cc2c(OCC)cc1Cc1cc(OCC)c(cc1OCC)Cc1cc(OCC)c(cc1OCC)Cc1cc(OCC)c(cc1OCC)C2. The van der Waals surface area contributed by atoms with Crippen LogP contribution in [0.25, 0.3) is 0 Å². The van der Waals surface area contributed by atoms with Gasteiger partial charge in [-0.25, -0.2) is 0 Å². The predicted octanol–water partition coefficient (Wildman–Crippen LogP) is 9.55. The minimum absolute atomic E-state index is 0.527. The van der Waals surface area contributed by atoms with Gasteiger partial charge in [0.25, 0.3) is 0 Å². The van der Waals surface area contributed by atoms with Gasteiger partial charge in [0.2, 0.25) is 0 Å². The Morgan fingerprint density at radius 2 is 0.365 bits per heavy atom. The molecule has 8 nitrogen and oxygen atoms in total. The molecule has 4 aromatic carbocycles. The van der Waals surface area contributed by atoms with Crippen LogP contribution in [0.2, 0.25) is 0 Å². The normalized spacial score (nSPS) is 12.2. The molecule has 0 atom stereocenters. The molecule has 0 fully saturated rings. The van der Waals surface area contributed by atoms with Crippen LogP contribution in [0.3, 0.4) is 0 Å². The second kappa shape index (κ2) is 18.7. The molecule has 4 aromatic rings. The Balaban J connectivity index is 1.84. The summed E-state index contributed by atoms with van der Waals surface area (Å²) in [5, 5.41) is 0. The van der Waals surface area contributed by atoms with Crippen molar-refractivity contribution in [3.63, 3.8) is 0 Å². The van der Waals surface area contributed by atoms with Gasteiger partial charge in [-0.15, -0.1) is 0 Å². The molecule has 14 rings (SSSR count). The fourth-order valence-electron chi connectivity index (χ4n) is 6.82. The van der Waals surface area contributed by atoms with Gasteiger partial charge in [-0.3, -0.25) is 0 Å². The van der Waals surface area contributed by atoms with Crippen LogP contribution in [-0.4, -0.2) is 52.9 Å². The van der Waals surface area contributed by atoms with Crippen molar-refractivity contribution < 1.29 is 37.9 Å². The number of hydrogen-bond acceptors (Lipinski definition) is 8. The lowest BCUT2D eigenvalue weighted by molar-refractivity contribution is 0.319. The highest BCUT2D eigenvalue weighted by atomic mass is 16.5. The lowest BCUT2D eigenvalue weighted by Gasteiger charge is -2.23. The minimum Gasteiger partial charge on any atom is -0.494 e. The predicted molar refractivity (Wildman–Crippen MR) is 206 cm³/mol. The molecule has 0 amide bonds. The first-order chi connectivity index (χ1) is 25.4. The Morgan fingerprint density at radius 1 is 0.250 bits per heavy atom. The van der Waals surface area contributed by atoms with Crippen LogP contribution in [0.15, 0.2) is 48.5 Å². The number of rotatable bonds is 16. The second-order valence-corrected chi connectivity index (χ2v) is 12.4. The summed E-state index contributed by atoms with van der Waals surface area (Å²) in [6, 6.07) is 17.0. The minimum atomic E-state index is 0.527. The van der Waals surface area contributed by atoms with Gasteiger partial charge in [0.15, 0.2) is 0 Å². The molecule has 0 aliphatic heterocycles. The first-order valence-corrected chi connectivity index (χ1v) is 19.0. The number of benzene rings is 4. The zero-order chi connectivity index (χ0) is 37.0. The number of ether oxygens (including phenoxy) is 8. The zero-order valence-corrected chi connectivity index (χ0v) is 32.4. The summed E-state index contributed by atoms with van der Waals surface area (Å²) in [5.41, 5.74) is 8.04. The highest BCUT2D eigenvalue weighted by Crippen LogP contribution is 2.42. The summed E-state index contributed by atoms with van der Waals surface area (Å²) >= 11 is 0. The van der Waals surface area contributed by atoms with Crippen molar-refractivity contribution in [1.29, 1.82) is 0 Å². The molecule has 10 aliphatic rings. The molecule has 52 heavy (non-hydrogen) atoms. The second-order valence-electron chi connectivity index (χ2n) is 12.4. The molecule has 280 valence electrons. The van der Waals surface area contributed by atoms with E-state index in [0.29, 0.717) is 78.5 Å². The van der Waals surface area contributed by atoms with E-state index in [1.807, 2.05) is 55.4 Å². The van der Waals surface area contributed by atoms with Crippen molar-refractivity contribution in [3.8, 4) is 46.0 Å². The Morgan fingerprint density at radius 3 is 0.462 bits per heavy atom. The van der Waals surface area contributed by atoms with E-state index >= 15 is 0 Å². The summed E-state index contributed by atoms with van der Waals surface area (Å²) in [7, 11) is 0. The van der Waals surface area contributed by atoms with Gasteiger partial charge in [0.1, 0.15) is 46.0 Å². The van der Waals surface area contributed by atoms with Crippen LogP contribution in [-0.2, 0) is 25.7 Å². The molecular weight excluding hydrogens is 656 g/mol. The molecule has 0 aromatic heterocycles. The molecule has 0 saturated carbocycles. The maximum atomic E-state index is 6.33. The van der Waals surface area contributed by atoms with Crippen LogP contribution in [0.1, 0.15) is 99.9 Å². The van der Waals surface area contributed by atoms with E-state index in [9.17, 15) is 0 Å². The Kier molecular flexibility index (Phi) is 13.8. The quantitative estimate of drug-likeness (QED) is 0.100. The standard InChI is InChI=1S/C44H56O8/c1-9-45-37-21-30-18-32-24-42(50-14-6)34(26-41(32)49-13-5)20-36-28-43(51-15-7)35(27-44(36)52-16-8)19-33-25-39(47-11-3)31(23-40(33)48-12-4)17-29(37)22-38(30)46-10-2/h21-28H,9-20H2,1-8H3. The molecule has 0 heterocycles. The van der Waals surface area contributed by atoms with E-state index in [1.165, 1.54) is 0 Å². The average Bonchev–Trinajstić information content (AvgIpc) is 3.12. The third-order valence-electron chi connectivity index (χ3n) is 8.90. The van der Waals surface area contributed by atoms with Gasteiger partial charge >= 0.3 is 0 Å². The largest absolute Gasteiger partial charge is 0.494 e.